The minimum Gasteiger partial charge on any atom is -0.460 e. The van der Waals surface area contributed by atoms with Crippen LogP contribution in [0.2, 0.25) is 0 Å². The normalized spacial score (nSPS) is 18.8. The van der Waals surface area contributed by atoms with Crippen LogP contribution in [0.15, 0.2) is 0 Å². The van der Waals surface area contributed by atoms with Crippen LogP contribution >= 0.6 is 30.4 Å². The van der Waals surface area contributed by atoms with Gasteiger partial charge >= 0.3 is 5.97 Å². The van der Waals surface area contributed by atoms with E-state index in [4.69, 9.17) is 9.47 Å². The van der Waals surface area contributed by atoms with Crippen LogP contribution in [0.1, 0.15) is 47.5 Å². The molecule has 1 aliphatic heterocycles. The van der Waals surface area contributed by atoms with Crippen molar-refractivity contribution in [3.8, 4) is 0 Å². The SMILES string of the molecule is CC.CC(C)C(=O)OC(C)C1CCCO1.COSI. The van der Waals surface area contributed by atoms with Crippen molar-refractivity contribution >= 4 is 36.4 Å². The van der Waals surface area contributed by atoms with Crippen LogP contribution in [-0.2, 0) is 18.5 Å². The molecule has 4 nitrogen and oxygen atoms in total. The highest BCUT2D eigenvalue weighted by atomic mass is 127. The van der Waals surface area contributed by atoms with Gasteiger partial charge in [-0.05, 0) is 19.8 Å². The van der Waals surface area contributed by atoms with Crippen molar-refractivity contribution in [3.05, 3.63) is 0 Å². The molecule has 2 atom stereocenters. The molecule has 0 aromatic heterocycles. The van der Waals surface area contributed by atoms with Gasteiger partial charge in [-0.25, -0.2) is 0 Å². The van der Waals surface area contributed by atoms with Crippen LogP contribution in [0.25, 0.3) is 0 Å². The fourth-order valence-electron chi connectivity index (χ4n) is 1.37. The molecule has 1 heterocycles. The van der Waals surface area contributed by atoms with Crippen LogP contribution in [0, 0.1) is 5.92 Å². The summed E-state index contributed by atoms with van der Waals surface area (Å²) in [4.78, 5) is 11.2. The second-order valence-electron chi connectivity index (χ2n) is 4.08. The first kappa shape index (κ1) is 21.8. The molecule has 2 unspecified atom stereocenters. The molecular weight excluding hydrogens is 379 g/mol. The Hall–Kier alpha value is 0.470. The number of halogens is 1. The van der Waals surface area contributed by atoms with Gasteiger partial charge in [0.1, 0.15) is 6.10 Å². The maximum atomic E-state index is 11.2. The van der Waals surface area contributed by atoms with Gasteiger partial charge in [-0.2, -0.15) is 0 Å². The van der Waals surface area contributed by atoms with Crippen LogP contribution in [0.3, 0.4) is 0 Å². The summed E-state index contributed by atoms with van der Waals surface area (Å²) in [6.45, 7) is 10.4. The molecule has 0 saturated carbocycles. The van der Waals surface area contributed by atoms with E-state index in [0.29, 0.717) is 0 Å². The third-order valence-electron chi connectivity index (χ3n) is 2.32. The lowest BCUT2D eigenvalue weighted by atomic mass is 10.1. The van der Waals surface area contributed by atoms with Gasteiger partial charge in [0.25, 0.3) is 0 Å². The van der Waals surface area contributed by atoms with Crippen LogP contribution < -0.4 is 0 Å². The Morgan fingerprint density at radius 1 is 1.37 bits per heavy atom. The molecule has 19 heavy (non-hydrogen) atoms. The summed E-state index contributed by atoms with van der Waals surface area (Å²) < 4.78 is 15.1. The largest absolute Gasteiger partial charge is 0.460 e. The van der Waals surface area contributed by atoms with Crippen LogP contribution in [0.5, 0.6) is 0 Å². The molecular formula is C13H27IO4S. The Labute approximate surface area is 134 Å². The van der Waals surface area contributed by atoms with Gasteiger partial charge in [0.15, 0.2) is 0 Å². The van der Waals surface area contributed by atoms with Gasteiger partial charge in [0, 0.05) is 27.8 Å². The van der Waals surface area contributed by atoms with Crippen molar-refractivity contribution in [1.82, 2.24) is 0 Å². The van der Waals surface area contributed by atoms with E-state index in [2.05, 4.69) is 4.18 Å². The molecule has 116 valence electrons. The standard InChI is InChI=1S/C10H18O3.C2H6.CH3IOS/c1-7(2)10(11)13-8(3)9-5-4-6-12-9;1-2;1-3-4-2/h7-9H,4-6H2,1-3H3;1-2H3;1H3. The van der Waals surface area contributed by atoms with E-state index in [1.807, 2.05) is 55.8 Å². The van der Waals surface area contributed by atoms with E-state index >= 15 is 0 Å². The number of hydrogen-bond donors (Lipinski definition) is 0. The van der Waals surface area contributed by atoms with Gasteiger partial charge in [-0.1, -0.05) is 27.7 Å². The van der Waals surface area contributed by atoms with Crippen molar-refractivity contribution in [2.75, 3.05) is 13.7 Å². The number of esters is 1. The fraction of sp³-hybridized carbons (Fsp3) is 0.923. The summed E-state index contributed by atoms with van der Waals surface area (Å²) in [5.74, 6) is -0.188. The highest BCUT2D eigenvalue weighted by molar-refractivity contribution is 14.2. The molecule has 1 rings (SSSR count). The Morgan fingerprint density at radius 3 is 2.21 bits per heavy atom. The zero-order valence-corrected chi connectivity index (χ0v) is 15.7. The molecule has 1 saturated heterocycles. The van der Waals surface area contributed by atoms with E-state index in [1.165, 1.54) is 9.21 Å². The molecule has 1 fully saturated rings. The Bertz CT molecular complexity index is 207. The monoisotopic (exact) mass is 406 g/mol. The molecule has 0 aromatic rings. The lowest BCUT2D eigenvalue weighted by Crippen LogP contribution is -2.29. The van der Waals surface area contributed by atoms with Crippen molar-refractivity contribution in [2.24, 2.45) is 5.92 Å². The van der Waals surface area contributed by atoms with Crippen LogP contribution in [-0.4, -0.2) is 31.9 Å². The first-order valence-corrected chi connectivity index (χ1v) is 9.94. The second kappa shape index (κ2) is 14.9. The number of ether oxygens (including phenoxy) is 2. The first-order valence-electron chi connectivity index (χ1n) is 6.66. The summed E-state index contributed by atoms with van der Waals surface area (Å²) in [7, 11) is 2.96. The summed E-state index contributed by atoms with van der Waals surface area (Å²) >= 11 is 2.05. The van der Waals surface area contributed by atoms with Gasteiger partial charge in [0.05, 0.1) is 28.3 Å². The lowest BCUT2D eigenvalue weighted by molar-refractivity contribution is -0.157. The van der Waals surface area contributed by atoms with E-state index in [-0.39, 0.29) is 24.1 Å². The minimum absolute atomic E-state index is 0.0520. The molecule has 0 radical (unpaired) electrons. The number of hydrogen-bond acceptors (Lipinski definition) is 5. The number of rotatable bonds is 4. The summed E-state index contributed by atoms with van der Waals surface area (Å²) in [5.41, 5.74) is 0. The Kier molecular flexibility index (Phi) is 17.0. The molecule has 1 aliphatic rings. The minimum atomic E-state index is -0.136. The molecule has 6 heteroatoms. The van der Waals surface area contributed by atoms with Crippen molar-refractivity contribution in [1.29, 1.82) is 0 Å². The molecule has 0 aromatic carbocycles. The van der Waals surface area contributed by atoms with E-state index in [0.717, 1.165) is 19.4 Å². The van der Waals surface area contributed by atoms with E-state index in [9.17, 15) is 4.79 Å². The predicted octanol–water partition coefficient (Wildman–Crippen LogP) is 4.41. The van der Waals surface area contributed by atoms with Crippen molar-refractivity contribution in [2.45, 2.75) is 59.7 Å². The third kappa shape index (κ3) is 12.0. The average Bonchev–Trinajstić information content (AvgIpc) is 2.95. The van der Waals surface area contributed by atoms with Gasteiger partial charge < -0.3 is 13.7 Å². The molecule has 0 aliphatic carbocycles. The molecule has 0 N–H and O–H groups in total. The quantitative estimate of drug-likeness (QED) is 0.393. The summed E-state index contributed by atoms with van der Waals surface area (Å²) in [6.07, 6.45) is 2.10. The van der Waals surface area contributed by atoms with Crippen molar-refractivity contribution < 1.29 is 18.5 Å². The zero-order valence-electron chi connectivity index (χ0n) is 12.8. The van der Waals surface area contributed by atoms with Crippen molar-refractivity contribution in [3.63, 3.8) is 0 Å². The topological polar surface area (TPSA) is 44.8 Å². The molecule has 0 spiro atoms. The summed E-state index contributed by atoms with van der Waals surface area (Å²) in [5, 5.41) is 0. The van der Waals surface area contributed by atoms with Gasteiger partial charge in [-0.15, -0.1) is 0 Å². The smallest absolute Gasteiger partial charge is 0.308 e. The molecule has 0 amide bonds. The lowest BCUT2D eigenvalue weighted by Gasteiger charge is -2.19. The van der Waals surface area contributed by atoms with Gasteiger partial charge in [0.2, 0.25) is 0 Å². The number of carbonyl (C=O) groups excluding carboxylic acids is 1. The Morgan fingerprint density at radius 2 is 1.89 bits per heavy atom. The predicted molar refractivity (Wildman–Crippen MR) is 89.3 cm³/mol. The summed E-state index contributed by atoms with van der Waals surface area (Å²) in [6, 6.07) is 0. The third-order valence-corrected chi connectivity index (χ3v) is 3.53. The highest BCUT2D eigenvalue weighted by Gasteiger charge is 2.25. The average molecular weight is 406 g/mol. The van der Waals surface area contributed by atoms with E-state index < -0.39 is 0 Å². The maximum Gasteiger partial charge on any atom is 0.308 e. The van der Waals surface area contributed by atoms with E-state index in [1.54, 1.807) is 7.11 Å². The fourth-order valence-corrected chi connectivity index (χ4v) is 1.37. The second-order valence-corrected chi connectivity index (χ2v) is 5.62. The van der Waals surface area contributed by atoms with Crippen LogP contribution in [0.4, 0.5) is 0 Å². The number of carbonyl (C=O) groups is 1. The maximum absolute atomic E-state index is 11.2. The zero-order chi connectivity index (χ0) is 15.3. The molecule has 0 bridgehead atoms. The van der Waals surface area contributed by atoms with Gasteiger partial charge in [-0.3, -0.25) is 4.79 Å². The first-order chi connectivity index (χ1) is 9.02. The highest BCUT2D eigenvalue weighted by Crippen LogP contribution is 2.18. The Balaban J connectivity index is 0.